The molecular formula is C19H12Br2ClF3N4O2. The average Bonchev–Trinajstić information content (AvgIpc) is 3.15. The smallest absolute Gasteiger partial charge is 0.434 e. The maximum atomic E-state index is 13.7. The Balaban J connectivity index is 1.95. The maximum absolute atomic E-state index is 13.7. The molecule has 0 aliphatic rings. The van der Waals surface area contributed by atoms with Crippen LogP contribution < -0.4 is 5.43 Å². The molecule has 0 spiro atoms. The number of hydrazone groups is 1. The second-order valence-corrected chi connectivity index (χ2v) is 8.42. The van der Waals surface area contributed by atoms with Gasteiger partial charge >= 0.3 is 6.18 Å². The minimum absolute atomic E-state index is 0.0827. The molecule has 12 heteroatoms. The van der Waals surface area contributed by atoms with Crippen molar-refractivity contribution in [2.75, 3.05) is 0 Å². The Kier molecular flexibility index (Phi) is 6.77. The SMILES string of the molecule is CC(=NNC(=O)c1cnn(-c2ccc(Cl)cc2)c1C(F)(F)F)c1cc(Br)cc(Br)c1O. The number of carbonyl (C=O) groups excluding carboxylic acids is 1. The molecule has 3 rings (SSSR count). The zero-order valence-electron chi connectivity index (χ0n) is 15.5. The van der Waals surface area contributed by atoms with Gasteiger partial charge in [0.15, 0.2) is 5.69 Å². The Hall–Kier alpha value is -2.37. The molecule has 1 aromatic heterocycles. The molecule has 0 aliphatic carbocycles. The fourth-order valence-electron chi connectivity index (χ4n) is 2.66. The van der Waals surface area contributed by atoms with Crippen LogP contribution in [0.15, 0.2) is 56.6 Å². The van der Waals surface area contributed by atoms with E-state index in [0.29, 0.717) is 18.6 Å². The highest BCUT2D eigenvalue weighted by molar-refractivity contribution is 9.11. The Morgan fingerprint density at radius 2 is 1.84 bits per heavy atom. The minimum atomic E-state index is -4.87. The van der Waals surface area contributed by atoms with Crippen molar-refractivity contribution in [1.29, 1.82) is 0 Å². The number of aromatic nitrogens is 2. The van der Waals surface area contributed by atoms with E-state index in [0.717, 1.165) is 6.20 Å². The number of halogens is 6. The molecule has 162 valence electrons. The minimum Gasteiger partial charge on any atom is -0.506 e. The standard InChI is InChI=1S/C19H12Br2ClF3N4O2/c1-9(13-6-10(20)7-15(21)16(13)30)27-28-18(31)14-8-26-29(17(14)19(23,24)25)12-4-2-11(22)3-5-12/h2-8,30H,1H3,(H,28,31). The van der Waals surface area contributed by atoms with Gasteiger partial charge in [-0.25, -0.2) is 10.1 Å². The summed E-state index contributed by atoms with van der Waals surface area (Å²) in [4.78, 5) is 12.5. The van der Waals surface area contributed by atoms with E-state index in [1.807, 2.05) is 0 Å². The summed E-state index contributed by atoms with van der Waals surface area (Å²) in [5.41, 5.74) is 0.645. The molecule has 0 aliphatic heterocycles. The molecule has 0 fully saturated rings. The molecule has 31 heavy (non-hydrogen) atoms. The van der Waals surface area contributed by atoms with Gasteiger partial charge in [0.05, 0.1) is 27.6 Å². The van der Waals surface area contributed by atoms with Gasteiger partial charge in [-0.1, -0.05) is 27.5 Å². The van der Waals surface area contributed by atoms with Gasteiger partial charge in [0, 0.05) is 15.1 Å². The van der Waals surface area contributed by atoms with E-state index in [1.54, 1.807) is 12.1 Å². The van der Waals surface area contributed by atoms with Crippen LogP contribution in [0.5, 0.6) is 5.75 Å². The summed E-state index contributed by atoms with van der Waals surface area (Å²) in [6.45, 7) is 1.48. The third-order valence-corrected chi connectivity index (χ3v) is 5.41. The number of nitrogens with one attached hydrogen (secondary N) is 1. The summed E-state index contributed by atoms with van der Waals surface area (Å²) in [5.74, 6) is -1.24. The van der Waals surface area contributed by atoms with Crippen molar-refractivity contribution < 1.29 is 23.1 Å². The second-order valence-electron chi connectivity index (χ2n) is 6.21. The lowest BCUT2D eigenvalue weighted by Gasteiger charge is -2.12. The van der Waals surface area contributed by atoms with E-state index < -0.39 is 23.3 Å². The van der Waals surface area contributed by atoms with Crippen molar-refractivity contribution >= 4 is 55.1 Å². The Morgan fingerprint density at radius 1 is 1.19 bits per heavy atom. The number of carbonyl (C=O) groups is 1. The first-order chi connectivity index (χ1) is 14.5. The topological polar surface area (TPSA) is 79.5 Å². The highest BCUT2D eigenvalue weighted by atomic mass is 79.9. The average molecular weight is 581 g/mol. The van der Waals surface area contributed by atoms with Crippen LogP contribution >= 0.6 is 43.5 Å². The van der Waals surface area contributed by atoms with Crippen LogP contribution in [-0.4, -0.2) is 26.5 Å². The number of nitrogens with zero attached hydrogens (tertiary/aromatic N) is 3. The highest BCUT2D eigenvalue weighted by Gasteiger charge is 2.40. The van der Waals surface area contributed by atoms with E-state index >= 15 is 0 Å². The van der Waals surface area contributed by atoms with E-state index in [1.165, 1.54) is 31.2 Å². The Labute approximate surface area is 196 Å². The molecule has 0 bridgehead atoms. The van der Waals surface area contributed by atoms with Gasteiger partial charge in [-0.05, 0) is 59.3 Å². The van der Waals surface area contributed by atoms with Crippen molar-refractivity contribution in [1.82, 2.24) is 15.2 Å². The summed E-state index contributed by atoms with van der Waals surface area (Å²) < 4.78 is 42.8. The molecule has 0 saturated carbocycles. The van der Waals surface area contributed by atoms with E-state index in [2.05, 4.69) is 47.5 Å². The Morgan fingerprint density at radius 3 is 2.45 bits per heavy atom. The van der Waals surface area contributed by atoms with Crippen LogP contribution in [0.25, 0.3) is 5.69 Å². The zero-order valence-corrected chi connectivity index (χ0v) is 19.4. The molecule has 3 aromatic rings. The van der Waals surface area contributed by atoms with E-state index in [9.17, 15) is 23.1 Å². The highest BCUT2D eigenvalue weighted by Crippen LogP contribution is 2.34. The van der Waals surface area contributed by atoms with E-state index in [-0.39, 0.29) is 22.7 Å². The van der Waals surface area contributed by atoms with Crippen LogP contribution in [0.1, 0.15) is 28.5 Å². The molecule has 0 unspecified atom stereocenters. The second kappa shape index (κ2) is 9.01. The third kappa shape index (κ3) is 5.10. The summed E-state index contributed by atoms with van der Waals surface area (Å²) in [6, 6.07) is 8.67. The number of phenolic OH excluding ortho intramolecular Hbond substituents is 1. The van der Waals surface area contributed by atoms with Crippen LogP contribution in [-0.2, 0) is 6.18 Å². The van der Waals surface area contributed by atoms with Crippen LogP contribution in [0.2, 0.25) is 5.02 Å². The maximum Gasteiger partial charge on any atom is 0.434 e. The molecule has 0 atom stereocenters. The number of alkyl halides is 3. The number of hydrogen-bond donors (Lipinski definition) is 2. The predicted octanol–water partition coefficient (Wildman–Crippen LogP) is 5.93. The van der Waals surface area contributed by atoms with Gasteiger partial charge in [0.2, 0.25) is 0 Å². The van der Waals surface area contributed by atoms with Gasteiger partial charge in [-0.15, -0.1) is 0 Å². The lowest BCUT2D eigenvalue weighted by Crippen LogP contribution is -2.24. The third-order valence-electron chi connectivity index (χ3n) is 4.10. The van der Waals surface area contributed by atoms with Gasteiger partial charge in [0.1, 0.15) is 5.75 Å². The molecule has 2 aromatic carbocycles. The number of rotatable bonds is 4. The molecule has 1 amide bonds. The normalized spacial score (nSPS) is 12.2. The first-order valence-electron chi connectivity index (χ1n) is 8.43. The number of phenols is 1. The first-order valence-corrected chi connectivity index (χ1v) is 10.4. The monoisotopic (exact) mass is 578 g/mol. The van der Waals surface area contributed by atoms with Gasteiger partial charge < -0.3 is 5.11 Å². The quantitative estimate of drug-likeness (QED) is 0.297. The summed E-state index contributed by atoms with van der Waals surface area (Å²) in [6.07, 6.45) is -4.06. The van der Waals surface area contributed by atoms with Gasteiger partial charge in [-0.3, -0.25) is 4.79 Å². The lowest BCUT2D eigenvalue weighted by molar-refractivity contribution is -0.143. The van der Waals surface area contributed by atoms with Crippen LogP contribution in [0, 0.1) is 0 Å². The Bertz CT molecular complexity index is 1180. The van der Waals surface area contributed by atoms with Crippen molar-refractivity contribution in [2.45, 2.75) is 13.1 Å². The van der Waals surface area contributed by atoms with Gasteiger partial charge in [-0.2, -0.15) is 23.4 Å². The lowest BCUT2D eigenvalue weighted by atomic mass is 10.1. The van der Waals surface area contributed by atoms with Gasteiger partial charge in [0.25, 0.3) is 5.91 Å². The molecule has 2 N–H and O–H groups in total. The summed E-state index contributed by atoms with van der Waals surface area (Å²) >= 11 is 12.2. The number of aromatic hydroxyl groups is 1. The van der Waals surface area contributed by atoms with Crippen LogP contribution in [0.3, 0.4) is 0 Å². The van der Waals surface area contributed by atoms with Crippen molar-refractivity contribution in [3.05, 3.63) is 73.4 Å². The molecule has 0 saturated heterocycles. The van der Waals surface area contributed by atoms with Crippen LogP contribution in [0.4, 0.5) is 13.2 Å². The van der Waals surface area contributed by atoms with Crippen molar-refractivity contribution in [3.8, 4) is 11.4 Å². The first kappa shape index (κ1) is 23.3. The summed E-state index contributed by atoms with van der Waals surface area (Å²) in [5, 5.41) is 18.0. The number of hydrogen-bond acceptors (Lipinski definition) is 4. The fraction of sp³-hybridized carbons (Fsp3) is 0.105. The zero-order chi connectivity index (χ0) is 22.9. The molecule has 6 nitrogen and oxygen atoms in total. The molecular weight excluding hydrogens is 568 g/mol. The predicted molar refractivity (Wildman–Crippen MR) is 117 cm³/mol. The summed E-state index contributed by atoms with van der Waals surface area (Å²) in [7, 11) is 0. The fourth-order valence-corrected chi connectivity index (χ4v) is 4.01. The van der Waals surface area contributed by atoms with Crippen molar-refractivity contribution in [2.24, 2.45) is 5.10 Å². The van der Waals surface area contributed by atoms with Crippen molar-refractivity contribution in [3.63, 3.8) is 0 Å². The van der Waals surface area contributed by atoms with E-state index in [4.69, 9.17) is 11.6 Å². The molecule has 0 radical (unpaired) electrons. The molecule has 1 heterocycles. The largest absolute Gasteiger partial charge is 0.506 e. The number of amides is 1. The number of benzene rings is 2.